The monoisotopic (exact) mass is 358 g/mol. The molecule has 134 valence electrons. The molecule has 2 aromatic rings. The molecule has 3 rings (SSSR count). The number of piperidine rings is 1. The fraction of sp³-hybridized carbons (Fsp3) is 0.450. The van der Waals surface area contributed by atoms with Crippen LogP contribution in [0.25, 0.3) is 0 Å². The maximum Gasteiger partial charge on any atom is 0.262 e. The van der Waals surface area contributed by atoms with Crippen LogP contribution in [0.3, 0.4) is 0 Å². The van der Waals surface area contributed by atoms with Gasteiger partial charge in [0, 0.05) is 4.88 Å². The first-order valence-corrected chi connectivity index (χ1v) is 9.77. The summed E-state index contributed by atoms with van der Waals surface area (Å²) in [6.07, 6.45) is 3.44. The van der Waals surface area contributed by atoms with Crippen molar-refractivity contribution >= 4 is 17.2 Å². The van der Waals surface area contributed by atoms with E-state index in [0.29, 0.717) is 6.54 Å². The molecular formula is C20H26N2O2S. The molecule has 0 bridgehead atoms. The number of nitrogens with one attached hydrogen (secondary N) is 1. The van der Waals surface area contributed by atoms with Crippen molar-refractivity contribution in [2.24, 2.45) is 0 Å². The van der Waals surface area contributed by atoms with E-state index < -0.39 is 0 Å². The Morgan fingerprint density at radius 2 is 2.16 bits per heavy atom. The number of ether oxygens (including phenoxy) is 1. The van der Waals surface area contributed by atoms with Crippen LogP contribution < -0.4 is 10.1 Å². The standard InChI is InChI=1S/C20H26N2O2S/c1-15-8-9-17(12-16(15)2)24-14-20(23)22(13-18-6-5-11-25-18)19-7-3-4-10-21-19/h5-6,8-9,11-12,19,21H,3-4,7,10,13-14H2,1-2H3. The molecule has 0 aliphatic carbocycles. The van der Waals surface area contributed by atoms with Gasteiger partial charge in [-0.3, -0.25) is 10.1 Å². The van der Waals surface area contributed by atoms with Gasteiger partial charge in [-0.25, -0.2) is 0 Å². The van der Waals surface area contributed by atoms with E-state index in [4.69, 9.17) is 4.74 Å². The Balaban J connectivity index is 1.66. The third-order valence-corrected chi connectivity index (χ3v) is 5.59. The van der Waals surface area contributed by atoms with E-state index in [1.54, 1.807) is 11.3 Å². The predicted molar refractivity (Wildman–Crippen MR) is 102 cm³/mol. The van der Waals surface area contributed by atoms with Crippen molar-refractivity contribution in [1.82, 2.24) is 10.2 Å². The van der Waals surface area contributed by atoms with Crippen molar-refractivity contribution in [3.63, 3.8) is 0 Å². The summed E-state index contributed by atoms with van der Waals surface area (Å²) in [5.41, 5.74) is 2.40. The summed E-state index contributed by atoms with van der Waals surface area (Å²) < 4.78 is 5.78. The zero-order valence-electron chi connectivity index (χ0n) is 15.0. The molecule has 1 aliphatic heterocycles. The lowest BCUT2D eigenvalue weighted by atomic mass is 10.1. The van der Waals surface area contributed by atoms with E-state index >= 15 is 0 Å². The van der Waals surface area contributed by atoms with E-state index in [2.05, 4.69) is 30.6 Å². The molecule has 1 unspecified atom stereocenters. The second-order valence-electron chi connectivity index (χ2n) is 6.60. The summed E-state index contributed by atoms with van der Waals surface area (Å²) in [6, 6.07) is 10.1. The third-order valence-electron chi connectivity index (χ3n) is 4.73. The second-order valence-corrected chi connectivity index (χ2v) is 7.63. The summed E-state index contributed by atoms with van der Waals surface area (Å²) >= 11 is 1.69. The van der Waals surface area contributed by atoms with E-state index in [0.717, 1.165) is 25.1 Å². The van der Waals surface area contributed by atoms with Gasteiger partial charge in [-0.2, -0.15) is 0 Å². The molecule has 1 fully saturated rings. The summed E-state index contributed by atoms with van der Waals surface area (Å²) in [4.78, 5) is 16.0. The molecule has 1 N–H and O–H groups in total. The molecule has 1 saturated heterocycles. The highest BCUT2D eigenvalue weighted by molar-refractivity contribution is 7.09. The number of carbonyl (C=O) groups excluding carboxylic acids is 1. The van der Waals surface area contributed by atoms with Crippen molar-refractivity contribution < 1.29 is 9.53 Å². The van der Waals surface area contributed by atoms with Gasteiger partial charge in [0.1, 0.15) is 5.75 Å². The lowest BCUT2D eigenvalue weighted by Crippen LogP contribution is -2.51. The van der Waals surface area contributed by atoms with Crippen LogP contribution >= 0.6 is 11.3 Å². The Hall–Kier alpha value is -1.85. The van der Waals surface area contributed by atoms with Crippen LogP contribution in [0.4, 0.5) is 0 Å². The zero-order chi connectivity index (χ0) is 17.6. The summed E-state index contributed by atoms with van der Waals surface area (Å²) in [5, 5.41) is 5.53. The lowest BCUT2D eigenvalue weighted by molar-refractivity contribution is -0.137. The van der Waals surface area contributed by atoms with Crippen LogP contribution in [0.15, 0.2) is 35.7 Å². The smallest absolute Gasteiger partial charge is 0.262 e. The van der Waals surface area contributed by atoms with Gasteiger partial charge in [-0.15, -0.1) is 11.3 Å². The number of hydrogen-bond donors (Lipinski definition) is 1. The molecular weight excluding hydrogens is 332 g/mol. The van der Waals surface area contributed by atoms with Crippen LogP contribution in [-0.4, -0.2) is 30.1 Å². The topological polar surface area (TPSA) is 41.6 Å². The Kier molecular flexibility index (Phi) is 6.10. The first kappa shape index (κ1) is 18.0. The molecule has 2 heterocycles. The van der Waals surface area contributed by atoms with E-state index in [9.17, 15) is 4.79 Å². The van der Waals surface area contributed by atoms with Crippen LogP contribution in [-0.2, 0) is 11.3 Å². The Labute approximate surface area is 153 Å². The van der Waals surface area contributed by atoms with Crippen molar-refractivity contribution in [1.29, 1.82) is 0 Å². The molecule has 0 saturated carbocycles. The molecule has 1 aliphatic rings. The highest BCUT2D eigenvalue weighted by Crippen LogP contribution is 2.20. The number of aryl methyl sites for hydroxylation is 2. The van der Waals surface area contributed by atoms with Crippen LogP contribution in [0.5, 0.6) is 5.75 Å². The van der Waals surface area contributed by atoms with E-state index in [-0.39, 0.29) is 18.7 Å². The lowest BCUT2D eigenvalue weighted by Gasteiger charge is -2.35. The highest BCUT2D eigenvalue weighted by atomic mass is 32.1. The van der Waals surface area contributed by atoms with Gasteiger partial charge in [-0.1, -0.05) is 12.1 Å². The number of hydrogen-bond acceptors (Lipinski definition) is 4. The molecule has 1 aromatic heterocycles. The average Bonchev–Trinajstić information content (AvgIpc) is 3.14. The van der Waals surface area contributed by atoms with Crippen molar-refractivity contribution in [2.75, 3.05) is 13.2 Å². The van der Waals surface area contributed by atoms with Gasteiger partial charge >= 0.3 is 0 Å². The molecule has 4 nitrogen and oxygen atoms in total. The molecule has 1 atom stereocenters. The number of benzene rings is 1. The van der Waals surface area contributed by atoms with Gasteiger partial charge in [-0.05, 0) is 74.4 Å². The highest BCUT2D eigenvalue weighted by Gasteiger charge is 2.25. The fourth-order valence-corrected chi connectivity index (χ4v) is 3.78. The maximum absolute atomic E-state index is 12.9. The van der Waals surface area contributed by atoms with E-state index in [1.165, 1.54) is 22.4 Å². The van der Waals surface area contributed by atoms with Gasteiger partial charge in [0.25, 0.3) is 5.91 Å². The van der Waals surface area contributed by atoms with Crippen LogP contribution in [0.1, 0.15) is 35.3 Å². The second kappa shape index (κ2) is 8.50. The Morgan fingerprint density at radius 1 is 1.28 bits per heavy atom. The maximum atomic E-state index is 12.9. The normalized spacial score (nSPS) is 17.3. The minimum Gasteiger partial charge on any atom is -0.484 e. The van der Waals surface area contributed by atoms with Gasteiger partial charge in [0.15, 0.2) is 6.61 Å². The predicted octanol–water partition coefficient (Wildman–Crippen LogP) is 3.87. The minimum atomic E-state index is 0.0334. The molecule has 1 aromatic carbocycles. The number of carbonyl (C=O) groups is 1. The average molecular weight is 359 g/mol. The Bertz CT molecular complexity index is 694. The molecule has 25 heavy (non-hydrogen) atoms. The quantitative estimate of drug-likeness (QED) is 0.852. The largest absolute Gasteiger partial charge is 0.484 e. The van der Waals surface area contributed by atoms with Crippen LogP contribution in [0.2, 0.25) is 0 Å². The van der Waals surface area contributed by atoms with Crippen molar-refractivity contribution in [3.05, 3.63) is 51.7 Å². The van der Waals surface area contributed by atoms with Crippen molar-refractivity contribution in [3.8, 4) is 5.75 Å². The summed E-state index contributed by atoms with van der Waals surface area (Å²) in [7, 11) is 0. The number of thiophene rings is 1. The molecule has 0 spiro atoms. The van der Waals surface area contributed by atoms with Crippen LogP contribution in [0, 0.1) is 13.8 Å². The Morgan fingerprint density at radius 3 is 2.84 bits per heavy atom. The van der Waals surface area contributed by atoms with Gasteiger partial charge in [0.2, 0.25) is 0 Å². The fourth-order valence-electron chi connectivity index (χ4n) is 3.07. The summed E-state index contributed by atoms with van der Waals surface area (Å²) in [6.45, 7) is 5.81. The first-order chi connectivity index (χ1) is 12.1. The van der Waals surface area contributed by atoms with Gasteiger partial charge in [0.05, 0.1) is 12.7 Å². The summed E-state index contributed by atoms with van der Waals surface area (Å²) in [5.74, 6) is 0.787. The van der Waals surface area contributed by atoms with E-state index in [1.807, 2.05) is 29.2 Å². The van der Waals surface area contributed by atoms with Crippen molar-refractivity contribution in [2.45, 2.75) is 45.8 Å². The molecule has 1 amide bonds. The first-order valence-electron chi connectivity index (χ1n) is 8.89. The number of amides is 1. The number of nitrogens with zero attached hydrogens (tertiary/aromatic N) is 1. The third kappa shape index (κ3) is 4.83. The zero-order valence-corrected chi connectivity index (χ0v) is 15.8. The minimum absolute atomic E-state index is 0.0334. The van der Waals surface area contributed by atoms with Gasteiger partial charge < -0.3 is 9.64 Å². The number of rotatable bonds is 6. The molecule has 0 radical (unpaired) electrons. The SMILES string of the molecule is Cc1ccc(OCC(=O)N(Cc2cccs2)C2CCCCN2)cc1C. The molecule has 5 heteroatoms.